The molecule has 0 saturated carbocycles. The summed E-state index contributed by atoms with van der Waals surface area (Å²) in [5, 5.41) is 7.09. The Labute approximate surface area is 185 Å². The first kappa shape index (κ1) is 21.4. The first-order chi connectivity index (χ1) is 15.3. The van der Waals surface area contributed by atoms with E-state index >= 15 is 0 Å². The normalized spacial score (nSPS) is 12.2. The van der Waals surface area contributed by atoms with Crippen LogP contribution in [0.1, 0.15) is 47.5 Å². The van der Waals surface area contributed by atoms with Crippen LogP contribution in [-0.4, -0.2) is 25.6 Å². The van der Waals surface area contributed by atoms with Crippen LogP contribution >= 0.6 is 0 Å². The van der Waals surface area contributed by atoms with Crippen LogP contribution in [0.3, 0.4) is 0 Å². The van der Waals surface area contributed by atoms with Crippen LogP contribution in [0, 0.1) is 25.6 Å². The van der Waals surface area contributed by atoms with Crippen molar-refractivity contribution in [1.82, 2.24) is 25.0 Å². The minimum Gasteiger partial charge on any atom is -0.340 e. The number of halogens is 1. The van der Waals surface area contributed by atoms with E-state index in [-0.39, 0.29) is 17.6 Å². The third-order valence-electron chi connectivity index (χ3n) is 5.36. The molecule has 0 aliphatic heterocycles. The summed E-state index contributed by atoms with van der Waals surface area (Å²) in [5.41, 5.74) is 3.74. The monoisotopic (exact) mass is 433 g/mol. The number of carbonyl (C=O) groups excluding carboxylic acids is 1. The van der Waals surface area contributed by atoms with Gasteiger partial charge in [-0.15, -0.1) is 0 Å². The number of nitrogens with zero attached hydrogens (tertiary/aromatic N) is 4. The van der Waals surface area contributed by atoms with E-state index < -0.39 is 6.04 Å². The lowest BCUT2D eigenvalue weighted by molar-refractivity contribution is 0.0913. The molecule has 1 unspecified atom stereocenters. The number of pyridine rings is 1. The maximum absolute atomic E-state index is 13.3. The van der Waals surface area contributed by atoms with Gasteiger partial charge in [0.1, 0.15) is 11.9 Å². The average Bonchev–Trinajstić information content (AvgIpc) is 3.38. The van der Waals surface area contributed by atoms with E-state index in [0.717, 1.165) is 22.6 Å². The average molecular weight is 433 g/mol. The van der Waals surface area contributed by atoms with Crippen molar-refractivity contribution in [2.24, 2.45) is 5.92 Å². The van der Waals surface area contributed by atoms with Crippen molar-refractivity contribution in [2.45, 2.75) is 33.7 Å². The Bertz CT molecular complexity index is 1230. The van der Waals surface area contributed by atoms with Gasteiger partial charge in [0.15, 0.2) is 0 Å². The van der Waals surface area contributed by atoms with E-state index in [2.05, 4.69) is 20.4 Å². The van der Waals surface area contributed by atoms with Gasteiger partial charge in [-0.1, -0.05) is 19.0 Å². The minimum atomic E-state index is -0.459. The number of aromatic nitrogens is 4. The third-order valence-corrected chi connectivity index (χ3v) is 5.36. The fourth-order valence-corrected chi connectivity index (χ4v) is 3.69. The van der Waals surface area contributed by atoms with Gasteiger partial charge in [-0.2, -0.15) is 4.98 Å². The second-order valence-corrected chi connectivity index (χ2v) is 7.98. The van der Waals surface area contributed by atoms with Gasteiger partial charge < -0.3 is 14.4 Å². The second-order valence-electron chi connectivity index (χ2n) is 7.98. The molecule has 0 aliphatic carbocycles. The molecule has 0 saturated heterocycles. The molecule has 1 atom stereocenters. The van der Waals surface area contributed by atoms with Crippen LogP contribution in [0.15, 0.2) is 59.4 Å². The van der Waals surface area contributed by atoms with E-state index in [9.17, 15) is 9.18 Å². The molecule has 0 bridgehead atoms. The van der Waals surface area contributed by atoms with Gasteiger partial charge >= 0.3 is 0 Å². The Morgan fingerprint density at radius 1 is 1.09 bits per heavy atom. The van der Waals surface area contributed by atoms with Crippen LogP contribution < -0.4 is 5.32 Å². The SMILES string of the molecule is Cc1cc(C(=O)NC(c2nc(-c3ccncc3)no2)C(C)C)c(C)n1-c1ccc(F)cc1. The molecular formula is C24H24FN5O2. The van der Waals surface area contributed by atoms with Crippen molar-refractivity contribution in [1.29, 1.82) is 0 Å². The second kappa shape index (κ2) is 8.74. The largest absolute Gasteiger partial charge is 0.340 e. The van der Waals surface area contributed by atoms with E-state index in [0.29, 0.717) is 17.3 Å². The molecule has 0 fully saturated rings. The number of hydrogen-bond acceptors (Lipinski definition) is 5. The van der Waals surface area contributed by atoms with Gasteiger partial charge in [0.05, 0.1) is 5.56 Å². The van der Waals surface area contributed by atoms with Crippen LogP contribution in [0.25, 0.3) is 17.1 Å². The van der Waals surface area contributed by atoms with Crippen molar-refractivity contribution >= 4 is 5.91 Å². The summed E-state index contributed by atoms with van der Waals surface area (Å²) in [4.78, 5) is 21.7. The number of hydrogen-bond donors (Lipinski definition) is 1. The van der Waals surface area contributed by atoms with Crippen molar-refractivity contribution in [3.05, 3.63) is 83.5 Å². The molecule has 32 heavy (non-hydrogen) atoms. The summed E-state index contributed by atoms with van der Waals surface area (Å²) < 4.78 is 20.7. The molecule has 8 heteroatoms. The van der Waals surface area contributed by atoms with Crippen molar-refractivity contribution in [2.75, 3.05) is 0 Å². The fourth-order valence-electron chi connectivity index (χ4n) is 3.69. The molecule has 7 nitrogen and oxygen atoms in total. The molecule has 3 aromatic heterocycles. The highest BCUT2D eigenvalue weighted by atomic mass is 19.1. The van der Waals surface area contributed by atoms with E-state index in [1.54, 1.807) is 36.7 Å². The molecule has 4 aromatic rings. The first-order valence-corrected chi connectivity index (χ1v) is 10.3. The van der Waals surface area contributed by atoms with Crippen LogP contribution in [-0.2, 0) is 0 Å². The summed E-state index contributed by atoms with van der Waals surface area (Å²) in [6.45, 7) is 7.72. The van der Waals surface area contributed by atoms with E-state index in [1.807, 2.05) is 38.3 Å². The fraction of sp³-hybridized carbons (Fsp3) is 0.250. The molecule has 3 heterocycles. The number of nitrogens with one attached hydrogen (secondary N) is 1. The maximum Gasteiger partial charge on any atom is 0.253 e. The van der Waals surface area contributed by atoms with Gasteiger partial charge in [-0.3, -0.25) is 9.78 Å². The molecular weight excluding hydrogens is 409 g/mol. The van der Waals surface area contributed by atoms with Crippen molar-refractivity contribution < 1.29 is 13.7 Å². The highest BCUT2D eigenvalue weighted by molar-refractivity contribution is 5.96. The number of benzene rings is 1. The standard InChI is InChI=1S/C24H24FN5O2/c1-14(2)21(24-28-22(29-32-24)17-9-11-26-12-10-17)27-23(31)20-13-15(3)30(16(20)4)19-7-5-18(25)6-8-19/h5-14,21H,1-4H3,(H,27,31). The highest BCUT2D eigenvalue weighted by Gasteiger charge is 2.27. The zero-order valence-corrected chi connectivity index (χ0v) is 18.3. The summed E-state index contributed by atoms with van der Waals surface area (Å²) in [6, 6.07) is 11.1. The maximum atomic E-state index is 13.3. The summed E-state index contributed by atoms with van der Waals surface area (Å²) in [6.07, 6.45) is 3.31. The van der Waals surface area contributed by atoms with Crippen molar-refractivity contribution in [3.63, 3.8) is 0 Å². The molecule has 1 amide bonds. The Morgan fingerprint density at radius 3 is 2.44 bits per heavy atom. The summed E-state index contributed by atoms with van der Waals surface area (Å²) >= 11 is 0. The van der Waals surface area contributed by atoms with Crippen LogP contribution in [0.5, 0.6) is 0 Å². The topological polar surface area (TPSA) is 85.8 Å². The first-order valence-electron chi connectivity index (χ1n) is 10.3. The number of aryl methyl sites for hydroxylation is 1. The predicted molar refractivity (Wildman–Crippen MR) is 118 cm³/mol. The minimum absolute atomic E-state index is 0.0188. The predicted octanol–water partition coefficient (Wildman–Crippen LogP) is 4.81. The molecule has 0 radical (unpaired) electrons. The lowest BCUT2D eigenvalue weighted by Gasteiger charge is -2.18. The zero-order valence-electron chi connectivity index (χ0n) is 18.3. The molecule has 0 aliphatic rings. The highest BCUT2D eigenvalue weighted by Crippen LogP contribution is 2.26. The van der Waals surface area contributed by atoms with Gasteiger partial charge in [0.25, 0.3) is 5.91 Å². The molecule has 0 spiro atoms. The number of amides is 1. The summed E-state index contributed by atoms with van der Waals surface area (Å²) in [7, 11) is 0. The van der Waals surface area contributed by atoms with Gasteiger partial charge in [0, 0.05) is 35.0 Å². The molecule has 4 rings (SSSR count). The number of rotatable bonds is 6. The van der Waals surface area contributed by atoms with Crippen LogP contribution in [0.4, 0.5) is 4.39 Å². The molecule has 1 N–H and O–H groups in total. The van der Waals surface area contributed by atoms with Gasteiger partial charge in [-0.25, -0.2) is 4.39 Å². The van der Waals surface area contributed by atoms with Crippen LogP contribution in [0.2, 0.25) is 0 Å². The number of carbonyl (C=O) groups is 1. The van der Waals surface area contributed by atoms with Crippen molar-refractivity contribution in [3.8, 4) is 17.1 Å². The molecule has 164 valence electrons. The smallest absolute Gasteiger partial charge is 0.253 e. The Hall–Kier alpha value is -3.81. The lowest BCUT2D eigenvalue weighted by Crippen LogP contribution is -2.32. The lowest BCUT2D eigenvalue weighted by atomic mass is 10.0. The van der Waals surface area contributed by atoms with E-state index in [1.165, 1.54) is 12.1 Å². The molecule has 1 aromatic carbocycles. The Balaban J connectivity index is 1.60. The summed E-state index contributed by atoms with van der Waals surface area (Å²) in [5.74, 6) is 0.253. The Morgan fingerprint density at radius 2 is 1.78 bits per heavy atom. The van der Waals surface area contributed by atoms with E-state index in [4.69, 9.17) is 4.52 Å². The zero-order chi connectivity index (χ0) is 22.8. The third kappa shape index (κ3) is 4.16. The van der Waals surface area contributed by atoms with Gasteiger partial charge in [0.2, 0.25) is 11.7 Å². The quantitative estimate of drug-likeness (QED) is 0.472. The van der Waals surface area contributed by atoms with Gasteiger partial charge in [-0.05, 0) is 62.2 Å². The Kier molecular flexibility index (Phi) is 5.85.